The highest BCUT2D eigenvalue weighted by atomic mass is 16.5. The van der Waals surface area contributed by atoms with Crippen molar-refractivity contribution < 1.29 is 9.26 Å². The molecule has 0 saturated heterocycles. The molecule has 27 heavy (non-hydrogen) atoms. The second kappa shape index (κ2) is 7.02. The molecule has 0 radical (unpaired) electrons. The van der Waals surface area contributed by atoms with Gasteiger partial charge in [0.25, 0.3) is 0 Å². The molecule has 4 aromatic heterocycles. The lowest BCUT2D eigenvalue weighted by Gasteiger charge is -2.12. The summed E-state index contributed by atoms with van der Waals surface area (Å²) >= 11 is 0. The van der Waals surface area contributed by atoms with Gasteiger partial charge in [-0.05, 0) is 25.1 Å². The van der Waals surface area contributed by atoms with E-state index in [0.29, 0.717) is 36.4 Å². The Hall–Kier alpha value is -3.49. The number of ether oxygens (including phenoxy) is 1. The number of anilines is 1. The molecule has 0 aromatic carbocycles. The normalized spacial score (nSPS) is 11.1. The molecule has 0 aliphatic carbocycles. The summed E-state index contributed by atoms with van der Waals surface area (Å²) in [7, 11) is 1.64. The Labute approximate surface area is 155 Å². The Morgan fingerprint density at radius 2 is 2.07 bits per heavy atom. The summed E-state index contributed by atoms with van der Waals surface area (Å²) < 4.78 is 12.5. The summed E-state index contributed by atoms with van der Waals surface area (Å²) in [4.78, 5) is 17.7. The molecular formula is C18H19N7O2. The van der Waals surface area contributed by atoms with Gasteiger partial charge in [0, 0.05) is 19.3 Å². The molecule has 1 N–H and O–H groups in total. The Bertz CT molecular complexity index is 1090. The molecule has 0 bridgehead atoms. The zero-order valence-electron chi connectivity index (χ0n) is 15.3. The fraction of sp³-hybridized carbons (Fsp3) is 0.278. The van der Waals surface area contributed by atoms with Gasteiger partial charge >= 0.3 is 0 Å². The van der Waals surface area contributed by atoms with Crippen LogP contribution in [0.5, 0.6) is 5.75 Å². The highest BCUT2D eigenvalue weighted by Crippen LogP contribution is 2.25. The summed E-state index contributed by atoms with van der Waals surface area (Å²) in [6.07, 6.45) is 3.72. The van der Waals surface area contributed by atoms with E-state index < -0.39 is 0 Å². The highest BCUT2D eigenvalue weighted by molar-refractivity contribution is 5.86. The molecule has 0 saturated carbocycles. The van der Waals surface area contributed by atoms with Crippen molar-refractivity contribution >= 4 is 16.9 Å². The Kier molecular flexibility index (Phi) is 4.41. The van der Waals surface area contributed by atoms with E-state index in [-0.39, 0.29) is 0 Å². The maximum Gasteiger partial charge on any atom is 0.223 e. The average molecular weight is 365 g/mol. The number of fused-ring (bicyclic) bond motifs is 1. The Morgan fingerprint density at radius 3 is 2.85 bits per heavy atom. The summed E-state index contributed by atoms with van der Waals surface area (Å²) in [5.41, 5.74) is 2.57. The van der Waals surface area contributed by atoms with Crippen molar-refractivity contribution in [2.45, 2.75) is 26.9 Å². The van der Waals surface area contributed by atoms with E-state index in [0.717, 1.165) is 22.5 Å². The monoisotopic (exact) mass is 365 g/mol. The number of hydrogen-bond donors (Lipinski definition) is 1. The molecule has 9 nitrogen and oxygen atoms in total. The highest BCUT2D eigenvalue weighted by Gasteiger charge is 2.14. The van der Waals surface area contributed by atoms with E-state index >= 15 is 0 Å². The van der Waals surface area contributed by atoms with Crippen LogP contribution in [0.1, 0.15) is 23.2 Å². The minimum absolute atomic E-state index is 0.404. The predicted molar refractivity (Wildman–Crippen MR) is 98.5 cm³/mol. The van der Waals surface area contributed by atoms with Gasteiger partial charge in [-0.25, -0.2) is 9.97 Å². The van der Waals surface area contributed by atoms with Gasteiger partial charge in [0.05, 0.1) is 25.7 Å². The first-order valence-corrected chi connectivity index (χ1v) is 8.48. The lowest BCUT2D eigenvalue weighted by molar-refractivity contribution is 0.388. The van der Waals surface area contributed by atoms with Gasteiger partial charge in [-0.2, -0.15) is 4.98 Å². The molecule has 0 aliphatic heterocycles. The molecule has 9 heteroatoms. The van der Waals surface area contributed by atoms with Gasteiger partial charge in [0.15, 0.2) is 11.6 Å². The molecule has 0 spiro atoms. The molecular weight excluding hydrogens is 346 g/mol. The van der Waals surface area contributed by atoms with E-state index in [4.69, 9.17) is 9.26 Å². The fourth-order valence-electron chi connectivity index (χ4n) is 2.94. The van der Waals surface area contributed by atoms with Crippen LogP contribution in [0.15, 0.2) is 35.1 Å². The van der Waals surface area contributed by atoms with Crippen molar-refractivity contribution in [3.8, 4) is 5.75 Å². The lowest BCUT2D eigenvalue weighted by Crippen LogP contribution is -2.09. The molecule has 0 atom stereocenters. The van der Waals surface area contributed by atoms with Crippen molar-refractivity contribution in [2.24, 2.45) is 0 Å². The fourth-order valence-corrected chi connectivity index (χ4v) is 2.94. The number of nitrogens with zero attached hydrogens (tertiary/aromatic N) is 6. The smallest absolute Gasteiger partial charge is 0.223 e. The summed E-state index contributed by atoms with van der Waals surface area (Å²) in [6.45, 7) is 4.56. The summed E-state index contributed by atoms with van der Waals surface area (Å²) in [5.74, 6) is 3.23. The van der Waals surface area contributed by atoms with Crippen molar-refractivity contribution in [2.75, 3.05) is 12.4 Å². The van der Waals surface area contributed by atoms with E-state index in [2.05, 4.69) is 30.4 Å². The lowest BCUT2D eigenvalue weighted by atomic mass is 10.3. The second-order valence-electron chi connectivity index (χ2n) is 6.03. The minimum Gasteiger partial charge on any atom is -0.495 e. The maximum atomic E-state index is 5.41. The first-order valence-electron chi connectivity index (χ1n) is 8.48. The van der Waals surface area contributed by atoms with Crippen LogP contribution in [0.3, 0.4) is 0 Å². The number of aryl methyl sites for hydroxylation is 2. The van der Waals surface area contributed by atoms with Crippen LogP contribution in [-0.2, 0) is 13.1 Å². The van der Waals surface area contributed by atoms with Crippen LogP contribution in [0.4, 0.5) is 5.82 Å². The molecule has 4 aromatic rings. The first kappa shape index (κ1) is 17.0. The summed E-state index contributed by atoms with van der Waals surface area (Å²) in [5, 5.41) is 7.20. The largest absolute Gasteiger partial charge is 0.495 e. The van der Waals surface area contributed by atoms with Crippen molar-refractivity contribution in [3.05, 3.63) is 53.8 Å². The second-order valence-corrected chi connectivity index (χ2v) is 6.03. The average Bonchev–Trinajstić information content (AvgIpc) is 3.26. The van der Waals surface area contributed by atoms with Gasteiger partial charge < -0.3 is 19.1 Å². The zero-order valence-corrected chi connectivity index (χ0v) is 15.3. The number of pyridine rings is 1. The number of methoxy groups -OCH3 is 1. The van der Waals surface area contributed by atoms with Crippen LogP contribution in [-0.4, -0.2) is 36.8 Å². The van der Waals surface area contributed by atoms with Crippen LogP contribution in [0.2, 0.25) is 0 Å². The number of hydrogen-bond acceptors (Lipinski definition) is 8. The molecule has 0 fully saturated rings. The van der Waals surface area contributed by atoms with Crippen LogP contribution in [0, 0.1) is 13.8 Å². The number of aromatic nitrogens is 6. The third-order valence-corrected chi connectivity index (χ3v) is 4.09. The van der Waals surface area contributed by atoms with Gasteiger partial charge in [-0.1, -0.05) is 5.16 Å². The third-order valence-electron chi connectivity index (χ3n) is 4.09. The topological polar surface area (TPSA) is 104 Å². The molecule has 0 unspecified atom stereocenters. The zero-order chi connectivity index (χ0) is 18.8. The third kappa shape index (κ3) is 3.43. The molecule has 4 heterocycles. The van der Waals surface area contributed by atoms with Crippen molar-refractivity contribution in [1.29, 1.82) is 0 Å². The Balaban J connectivity index is 1.69. The Morgan fingerprint density at radius 1 is 1.19 bits per heavy atom. The number of rotatable bonds is 6. The quantitative estimate of drug-likeness (QED) is 0.556. The van der Waals surface area contributed by atoms with E-state index in [1.165, 1.54) is 0 Å². The standard InChI is InChI=1S/C18H19N7O2/c1-11-21-13-6-8-25(10-14-15(26-3)5-4-7-19-14)17(13)18(22-11)20-9-16-23-12(2)27-24-16/h4-8H,9-10H2,1-3H3,(H,20,21,22). The van der Waals surface area contributed by atoms with E-state index in [1.807, 2.05) is 35.9 Å². The van der Waals surface area contributed by atoms with Gasteiger partial charge in [-0.15, -0.1) is 0 Å². The molecule has 0 amide bonds. The van der Waals surface area contributed by atoms with Gasteiger partial charge in [0.1, 0.15) is 22.8 Å². The van der Waals surface area contributed by atoms with Crippen LogP contribution < -0.4 is 10.1 Å². The summed E-state index contributed by atoms with van der Waals surface area (Å²) in [6, 6.07) is 5.71. The first-order chi connectivity index (χ1) is 13.1. The van der Waals surface area contributed by atoms with Gasteiger partial charge in [-0.3, -0.25) is 4.98 Å². The van der Waals surface area contributed by atoms with Gasteiger partial charge in [0.2, 0.25) is 5.89 Å². The van der Waals surface area contributed by atoms with E-state index in [1.54, 1.807) is 20.2 Å². The van der Waals surface area contributed by atoms with E-state index in [9.17, 15) is 0 Å². The van der Waals surface area contributed by atoms with Crippen LogP contribution in [0.25, 0.3) is 11.0 Å². The number of nitrogens with one attached hydrogen (secondary N) is 1. The minimum atomic E-state index is 0.404. The van der Waals surface area contributed by atoms with Crippen LogP contribution >= 0.6 is 0 Å². The van der Waals surface area contributed by atoms with Crippen molar-refractivity contribution in [3.63, 3.8) is 0 Å². The predicted octanol–water partition coefficient (Wildman–Crippen LogP) is 2.50. The maximum absolute atomic E-state index is 5.41. The molecule has 138 valence electrons. The molecule has 4 rings (SSSR count). The van der Waals surface area contributed by atoms with Crippen molar-refractivity contribution in [1.82, 2.24) is 29.7 Å². The molecule has 0 aliphatic rings. The SMILES string of the molecule is COc1cccnc1Cn1ccc2nc(C)nc(NCc3noc(C)n3)c21.